The molecular weight excluding hydrogens is 456 g/mol. The summed E-state index contributed by atoms with van der Waals surface area (Å²) in [7, 11) is 1.63. The first-order valence-corrected chi connectivity index (χ1v) is 11.4. The number of ether oxygens (including phenoxy) is 2. The van der Waals surface area contributed by atoms with Gasteiger partial charge >= 0.3 is 0 Å². The van der Waals surface area contributed by atoms with Crippen LogP contribution in [-0.2, 0) is 20.7 Å². The van der Waals surface area contributed by atoms with E-state index in [9.17, 15) is 9.59 Å². The van der Waals surface area contributed by atoms with Crippen LogP contribution in [-0.4, -0.2) is 31.2 Å². The van der Waals surface area contributed by atoms with Crippen LogP contribution in [0.15, 0.2) is 40.3 Å². The lowest BCUT2D eigenvalue weighted by Crippen LogP contribution is -2.30. The van der Waals surface area contributed by atoms with E-state index in [0.29, 0.717) is 34.5 Å². The molecule has 2 rings (SSSR count). The van der Waals surface area contributed by atoms with Crippen molar-refractivity contribution >= 4 is 47.0 Å². The van der Waals surface area contributed by atoms with E-state index in [1.54, 1.807) is 19.2 Å². The number of nitrogens with two attached hydrogens (primary N) is 1. The molecule has 0 heterocycles. The average Bonchev–Trinajstić information content (AvgIpc) is 2.80. The summed E-state index contributed by atoms with van der Waals surface area (Å²) in [5.41, 5.74) is 8.43. The van der Waals surface area contributed by atoms with Crippen LogP contribution >= 0.6 is 11.6 Å². The maximum absolute atomic E-state index is 12.1. The molecule has 0 aliphatic rings. The third kappa shape index (κ3) is 7.05. The fourth-order valence-corrected chi connectivity index (χ4v) is 3.47. The van der Waals surface area contributed by atoms with Gasteiger partial charge in [-0.3, -0.25) is 9.59 Å². The van der Waals surface area contributed by atoms with Crippen LogP contribution in [0.1, 0.15) is 44.7 Å². The highest BCUT2D eigenvalue weighted by Gasteiger charge is 2.16. The minimum Gasteiger partial charge on any atom is -0.484 e. The largest absolute Gasteiger partial charge is 0.484 e. The molecule has 34 heavy (non-hydrogen) atoms. The smallest absolute Gasteiger partial charge is 0.290 e. The van der Waals surface area contributed by atoms with Crippen LogP contribution in [0.5, 0.6) is 11.5 Å². The molecule has 0 radical (unpaired) electrons. The van der Waals surface area contributed by atoms with E-state index in [1.165, 1.54) is 0 Å². The standard InChI is InChI=1S/C25H31ClN4O4/c1-6-8-17-12-18(29-24(32)23(27)28-14-31)13-20(26)22(17)34-19-9-10-21(16(4)11-19)30-25(33-5)15(3)7-2/h9-15H,6-8H2,1-5H3,(H,29,32)(H2,27,28,31). The molecule has 1 atom stereocenters. The molecule has 1 unspecified atom stereocenters. The van der Waals surface area contributed by atoms with Gasteiger partial charge in [0.15, 0.2) is 11.7 Å². The van der Waals surface area contributed by atoms with Crippen LogP contribution in [0.2, 0.25) is 5.02 Å². The van der Waals surface area contributed by atoms with Crippen molar-refractivity contribution in [2.75, 3.05) is 12.4 Å². The number of carbonyl (C=O) groups excluding carboxylic acids is 2. The van der Waals surface area contributed by atoms with Gasteiger partial charge in [0.25, 0.3) is 5.91 Å². The van der Waals surface area contributed by atoms with Crippen LogP contribution in [0.4, 0.5) is 11.4 Å². The van der Waals surface area contributed by atoms with Crippen molar-refractivity contribution in [2.45, 2.75) is 47.0 Å². The number of halogens is 1. The lowest BCUT2D eigenvalue weighted by atomic mass is 10.1. The summed E-state index contributed by atoms with van der Waals surface area (Å²) in [6.45, 7) is 8.14. The molecule has 3 N–H and O–H groups in total. The molecule has 0 spiro atoms. The van der Waals surface area contributed by atoms with E-state index in [2.05, 4.69) is 29.1 Å². The fourth-order valence-electron chi connectivity index (χ4n) is 3.19. The van der Waals surface area contributed by atoms with Gasteiger partial charge in [0, 0.05) is 11.6 Å². The monoisotopic (exact) mass is 486 g/mol. The maximum atomic E-state index is 12.1. The van der Waals surface area contributed by atoms with Gasteiger partial charge in [-0.15, -0.1) is 0 Å². The van der Waals surface area contributed by atoms with Crippen molar-refractivity contribution in [1.82, 2.24) is 0 Å². The summed E-state index contributed by atoms with van der Waals surface area (Å²) in [5, 5.41) is 2.92. The topological polar surface area (TPSA) is 115 Å². The summed E-state index contributed by atoms with van der Waals surface area (Å²) < 4.78 is 11.6. The van der Waals surface area contributed by atoms with Crippen LogP contribution in [0.3, 0.4) is 0 Å². The lowest BCUT2D eigenvalue weighted by molar-refractivity contribution is -0.111. The number of benzene rings is 2. The number of hydrogen-bond donors (Lipinski definition) is 2. The quantitative estimate of drug-likeness (QED) is 0.273. The predicted octanol–water partition coefficient (Wildman–Crippen LogP) is 5.57. The van der Waals surface area contributed by atoms with Crippen molar-refractivity contribution in [3.8, 4) is 11.5 Å². The van der Waals surface area contributed by atoms with Gasteiger partial charge < -0.3 is 20.5 Å². The summed E-state index contributed by atoms with van der Waals surface area (Å²) in [6.07, 6.45) is 2.64. The molecule has 9 heteroatoms. The van der Waals surface area contributed by atoms with Crippen molar-refractivity contribution in [2.24, 2.45) is 21.6 Å². The molecule has 2 aromatic carbocycles. The number of anilines is 1. The molecule has 0 aliphatic heterocycles. The van der Waals surface area contributed by atoms with Crippen LogP contribution < -0.4 is 15.8 Å². The Morgan fingerprint density at radius 3 is 2.59 bits per heavy atom. The van der Waals surface area contributed by atoms with Gasteiger partial charge in [-0.2, -0.15) is 4.99 Å². The Kier molecular flexibility index (Phi) is 10.1. The van der Waals surface area contributed by atoms with Gasteiger partial charge in [0.1, 0.15) is 11.5 Å². The SMILES string of the molecule is CCCc1cc(NC(=O)C(N)=NC=O)cc(Cl)c1Oc1ccc(N=C(OC)C(C)CC)c(C)c1. The van der Waals surface area contributed by atoms with Gasteiger partial charge in [-0.1, -0.05) is 38.8 Å². The molecule has 0 fully saturated rings. The van der Waals surface area contributed by atoms with Crippen LogP contribution in [0.25, 0.3) is 0 Å². The molecule has 2 aromatic rings. The first-order valence-electron chi connectivity index (χ1n) is 11.1. The van der Waals surface area contributed by atoms with Crippen molar-refractivity contribution in [3.63, 3.8) is 0 Å². The number of aliphatic imine (C=N–C) groups is 2. The highest BCUT2D eigenvalue weighted by Crippen LogP contribution is 2.37. The first kappa shape index (κ1) is 26.9. The number of methoxy groups -OCH3 is 1. The Morgan fingerprint density at radius 1 is 1.26 bits per heavy atom. The normalized spacial score (nSPS) is 12.8. The fraction of sp³-hybridized carbons (Fsp3) is 0.360. The summed E-state index contributed by atoms with van der Waals surface area (Å²) in [4.78, 5) is 30.4. The van der Waals surface area contributed by atoms with E-state index in [1.807, 2.05) is 32.0 Å². The Bertz CT molecular complexity index is 1100. The zero-order valence-electron chi connectivity index (χ0n) is 20.1. The maximum Gasteiger partial charge on any atom is 0.290 e. The highest BCUT2D eigenvalue weighted by molar-refractivity contribution is 6.42. The number of amides is 2. The molecule has 0 saturated heterocycles. The Balaban J connectivity index is 2.34. The number of amidine groups is 1. The molecule has 8 nitrogen and oxygen atoms in total. The summed E-state index contributed by atoms with van der Waals surface area (Å²) in [5.74, 6) is 0.880. The van der Waals surface area contributed by atoms with E-state index < -0.39 is 11.7 Å². The predicted molar refractivity (Wildman–Crippen MR) is 137 cm³/mol. The Hall–Kier alpha value is -3.39. The number of aryl methyl sites for hydroxylation is 2. The highest BCUT2D eigenvalue weighted by atomic mass is 35.5. The third-order valence-corrected chi connectivity index (χ3v) is 5.46. The minimum atomic E-state index is -0.695. The minimum absolute atomic E-state index is 0.209. The third-order valence-electron chi connectivity index (χ3n) is 5.18. The summed E-state index contributed by atoms with van der Waals surface area (Å²) in [6, 6.07) is 8.92. The molecule has 2 amide bonds. The van der Waals surface area contributed by atoms with Gasteiger partial charge in [-0.05, 0) is 61.2 Å². The second-order valence-electron chi connectivity index (χ2n) is 7.78. The Labute approximate surface area is 205 Å². The van der Waals surface area contributed by atoms with Crippen molar-refractivity contribution < 1.29 is 19.1 Å². The molecule has 0 aliphatic carbocycles. The Morgan fingerprint density at radius 2 is 2.00 bits per heavy atom. The lowest BCUT2D eigenvalue weighted by Gasteiger charge is -2.16. The van der Waals surface area contributed by atoms with Crippen LogP contribution in [0, 0.1) is 12.8 Å². The molecule has 0 saturated carbocycles. The number of nitrogens with zero attached hydrogens (tertiary/aromatic N) is 2. The number of carbonyl (C=O) groups is 2. The van der Waals surface area contributed by atoms with Gasteiger partial charge in [-0.25, -0.2) is 4.99 Å². The molecule has 0 aromatic heterocycles. The molecular formula is C25H31ClN4O4. The zero-order valence-corrected chi connectivity index (χ0v) is 20.9. The first-order chi connectivity index (χ1) is 16.2. The van der Waals surface area contributed by atoms with Gasteiger partial charge in [0.2, 0.25) is 6.41 Å². The second-order valence-corrected chi connectivity index (χ2v) is 8.19. The van der Waals surface area contributed by atoms with Crippen molar-refractivity contribution in [1.29, 1.82) is 0 Å². The number of nitrogens with one attached hydrogen (secondary N) is 1. The van der Waals surface area contributed by atoms with E-state index in [0.717, 1.165) is 29.7 Å². The number of hydrogen-bond acceptors (Lipinski definition) is 5. The summed E-state index contributed by atoms with van der Waals surface area (Å²) >= 11 is 6.52. The van der Waals surface area contributed by atoms with Crippen molar-refractivity contribution in [3.05, 3.63) is 46.5 Å². The molecule has 182 valence electrons. The van der Waals surface area contributed by atoms with E-state index in [-0.39, 0.29) is 12.3 Å². The number of rotatable bonds is 9. The second kappa shape index (κ2) is 12.7. The van der Waals surface area contributed by atoms with E-state index in [4.69, 9.17) is 26.8 Å². The zero-order chi connectivity index (χ0) is 25.3. The average molecular weight is 487 g/mol. The van der Waals surface area contributed by atoms with Gasteiger partial charge in [0.05, 0.1) is 17.8 Å². The van der Waals surface area contributed by atoms with E-state index >= 15 is 0 Å². The molecule has 0 bridgehead atoms.